The fraction of sp³-hybridized carbons (Fsp3) is 0.480. The Bertz CT molecular complexity index is 964. The van der Waals surface area contributed by atoms with Crippen LogP contribution in [0.15, 0.2) is 30.3 Å². The van der Waals surface area contributed by atoms with Gasteiger partial charge in [-0.25, -0.2) is 13.2 Å². The van der Waals surface area contributed by atoms with Gasteiger partial charge in [-0.15, -0.1) is 0 Å². The number of nitrogens with one attached hydrogen (secondary N) is 1. The minimum atomic E-state index is -2.60. The Balaban J connectivity index is 1.54. The molecule has 1 amide bonds. The fourth-order valence-electron chi connectivity index (χ4n) is 4.87. The van der Waals surface area contributed by atoms with Gasteiger partial charge in [-0.3, -0.25) is 4.79 Å². The summed E-state index contributed by atoms with van der Waals surface area (Å²) in [5.74, 6) is -3.27. The van der Waals surface area contributed by atoms with Crippen LogP contribution >= 0.6 is 0 Å². The van der Waals surface area contributed by atoms with E-state index in [4.69, 9.17) is 0 Å². The Kier molecular flexibility index (Phi) is 6.00. The largest absolute Gasteiger partial charge is 0.367 e. The Labute approximate surface area is 181 Å². The molecule has 0 spiro atoms. The van der Waals surface area contributed by atoms with Crippen molar-refractivity contribution in [1.82, 2.24) is 0 Å². The summed E-state index contributed by atoms with van der Waals surface area (Å²) >= 11 is 0. The van der Waals surface area contributed by atoms with Crippen LogP contribution in [0.3, 0.4) is 0 Å². The molecule has 0 unspecified atom stereocenters. The molecule has 1 saturated carbocycles. The molecular weight excluding hydrogens is 401 g/mol. The van der Waals surface area contributed by atoms with Crippen molar-refractivity contribution in [1.29, 1.82) is 0 Å². The van der Waals surface area contributed by atoms with Crippen LogP contribution in [0.2, 0.25) is 0 Å². The van der Waals surface area contributed by atoms with Crippen LogP contribution in [0, 0.1) is 25.6 Å². The van der Waals surface area contributed by atoms with Crippen LogP contribution in [0.5, 0.6) is 0 Å². The lowest BCUT2D eigenvalue weighted by atomic mass is 9.79. The molecule has 2 aliphatic rings. The molecule has 166 valence electrons. The van der Waals surface area contributed by atoms with Crippen LogP contribution < -0.4 is 10.2 Å². The number of halogens is 3. The molecule has 1 heterocycles. The van der Waals surface area contributed by atoms with E-state index in [1.54, 1.807) is 0 Å². The molecule has 6 heteroatoms. The zero-order chi connectivity index (χ0) is 22.2. The van der Waals surface area contributed by atoms with E-state index in [1.807, 2.05) is 26.0 Å². The van der Waals surface area contributed by atoms with Crippen LogP contribution in [0.4, 0.5) is 24.5 Å². The molecule has 2 aromatic rings. The van der Waals surface area contributed by atoms with Gasteiger partial charge in [0.05, 0.1) is 0 Å². The minimum absolute atomic E-state index is 0.141. The number of amides is 1. The summed E-state index contributed by atoms with van der Waals surface area (Å²) in [6.45, 7) is 5.63. The summed E-state index contributed by atoms with van der Waals surface area (Å²) < 4.78 is 39.4. The van der Waals surface area contributed by atoms with Crippen molar-refractivity contribution in [2.24, 2.45) is 5.92 Å². The maximum Gasteiger partial charge on any atom is 0.248 e. The highest BCUT2D eigenvalue weighted by Gasteiger charge is 2.45. The Morgan fingerprint density at radius 3 is 2.55 bits per heavy atom. The topological polar surface area (TPSA) is 32.3 Å². The number of hydrogen-bond donors (Lipinski definition) is 1. The summed E-state index contributed by atoms with van der Waals surface area (Å²) in [6.07, 6.45) is 2.80. The summed E-state index contributed by atoms with van der Waals surface area (Å²) in [5.41, 5.74) is 6.25. The lowest BCUT2D eigenvalue weighted by Crippen LogP contribution is -2.37. The number of nitrogens with zero attached hydrogens (tertiary/aromatic N) is 1. The highest BCUT2D eigenvalue weighted by molar-refractivity contribution is 5.93. The van der Waals surface area contributed by atoms with Gasteiger partial charge in [-0.05, 0) is 79.5 Å². The van der Waals surface area contributed by atoms with Gasteiger partial charge in [0.1, 0.15) is 5.82 Å². The summed E-state index contributed by atoms with van der Waals surface area (Å²) in [4.78, 5) is 14.8. The number of hydrogen-bond acceptors (Lipinski definition) is 2. The summed E-state index contributed by atoms with van der Waals surface area (Å²) in [7, 11) is 0. The van der Waals surface area contributed by atoms with E-state index in [-0.39, 0.29) is 36.9 Å². The van der Waals surface area contributed by atoms with E-state index in [0.717, 1.165) is 53.9 Å². The monoisotopic (exact) mass is 430 g/mol. The lowest BCUT2D eigenvalue weighted by molar-refractivity contribution is -0.129. The number of anilines is 2. The third-order valence-corrected chi connectivity index (χ3v) is 6.53. The van der Waals surface area contributed by atoms with Crippen molar-refractivity contribution in [3.63, 3.8) is 0 Å². The first-order valence-electron chi connectivity index (χ1n) is 11.0. The fourth-order valence-corrected chi connectivity index (χ4v) is 4.87. The summed E-state index contributed by atoms with van der Waals surface area (Å²) in [6, 6.07) is 8.73. The molecule has 31 heavy (non-hydrogen) atoms. The molecule has 0 aromatic heterocycles. The van der Waals surface area contributed by atoms with Gasteiger partial charge in [0.25, 0.3) is 0 Å². The minimum Gasteiger partial charge on any atom is -0.367 e. The van der Waals surface area contributed by atoms with Gasteiger partial charge >= 0.3 is 0 Å². The number of alkyl halides is 2. The Hall–Kier alpha value is -2.50. The lowest BCUT2D eigenvalue weighted by Gasteiger charge is -2.34. The predicted molar refractivity (Wildman–Crippen MR) is 117 cm³/mol. The predicted octanol–water partition coefficient (Wildman–Crippen LogP) is 6.16. The second-order valence-electron chi connectivity index (χ2n) is 9.08. The highest BCUT2D eigenvalue weighted by Crippen LogP contribution is 2.44. The van der Waals surface area contributed by atoms with Gasteiger partial charge in [0.2, 0.25) is 11.8 Å². The number of benzene rings is 2. The van der Waals surface area contributed by atoms with Gasteiger partial charge in [0, 0.05) is 43.7 Å². The average Bonchev–Trinajstić information content (AvgIpc) is 2.88. The van der Waals surface area contributed by atoms with E-state index >= 15 is 0 Å². The molecule has 2 aromatic carbocycles. The molecule has 0 saturated heterocycles. The molecule has 1 aliphatic heterocycles. The quantitative estimate of drug-likeness (QED) is 0.616. The maximum absolute atomic E-state index is 13.3. The molecule has 1 fully saturated rings. The molecule has 3 nitrogen and oxygen atoms in total. The number of fused-ring (bicyclic) bond motifs is 1. The van der Waals surface area contributed by atoms with Crippen molar-refractivity contribution in [2.75, 3.05) is 16.8 Å². The van der Waals surface area contributed by atoms with Crippen molar-refractivity contribution in [3.8, 4) is 0 Å². The second kappa shape index (κ2) is 8.56. The number of carbonyl (C=O) groups is 1. The second-order valence-corrected chi connectivity index (χ2v) is 9.08. The first-order valence-corrected chi connectivity index (χ1v) is 11.0. The molecule has 1 aliphatic carbocycles. The zero-order valence-electron chi connectivity index (χ0n) is 18.1. The van der Waals surface area contributed by atoms with Crippen molar-refractivity contribution >= 4 is 17.3 Å². The third-order valence-electron chi connectivity index (χ3n) is 6.53. The third kappa shape index (κ3) is 4.89. The van der Waals surface area contributed by atoms with Crippen molar-refractivity contribution in [3.05, 3.63) is 58.4 Å². The molecule has 0 bridgehead atoms. The van der Waals surface area contributed by atoms with Crippen molar-refractivity contribution < 1.29 is 18.0 Å². The normalized spacial score (nSPS) is 18.2. The molecule has 0 atom stereocenters. The smallest absolute Gasteiger partial charge is 0.248 e. The summed E-state index contributed by atoms with van der Waals surface area (Å²) in [5, 5.41) is 3.00. The average molecular weight is 431 g/mol. The van der Waals surface area contributed by atoms with E-state index in [1.165, 1.54) is 17.7 Å². The first-order chi connectivity index (χ1) is 14.7. The molecular formula is C25H29F3N2O. The van der Waals surface area contributed by atoms with Gasteiger partial charge < -0.3 is 10.2 Å². The number of rotatable bonds is 5. The molecule has 0 radical (unpaired) electrons. The molecule has 4 rings (SSSR count). The Morgan fingerprint density at radius 1 is 1.16 bits per heavy atom. The first kappa shape index (κ1) is 21.7. The zero-order valence-corrected chi connectivity index (χ0v) is 18.1. The number of carbonyl (C=O) groups excluding carboxylic acids is 1. The molecule has 1 N–H and O–H groups in total. The van der Waals surface area contributed by atoms with Crippen LogP contribution in [-0.4, -0.2) is 18.4 Å². The van der Waals surface area contributed by atoms with E-state index in [0.29, 0.717) is 6.54 Å². The SMILES string of the molecule is Cc1cc2c(c(C)c1NC(=O)CC1CC(F)(F)C1)CCCCN2Cc1ccc(F)cc1. The van der Waals surface area contributed by atoms with Gasteiger partial charge in [-0.2, -0.15) is 0 Å². The van der Waals surface area contributed by atoms with Gasteiger partial charge in [0.15, 0.2) is 0 Å². The van der Waals surface area contributed by atoms with Crippen LogP contribution in [-0.2, 0) is 17.8 Å². The van der Waals surface area contributed by atoms with Gasteiger partial charge in [-0.1, -0.05) is 12.1 Å². The standard InChI is InChI=1S/C25H29F3N2O/c1-16-11-22-21(5-3-4-10-30(22)15-18-6-8-20(26)9-7-18)17(2)24(16)29-23(31)12-19-13-25(27,28)14-19/h6-9,11,19H,3-5,10,12-15H2,1-2H3,(H,29,31). The van der Waals surface area contributed by atoms with E-state index in [2.05, 4.69) is 16.3 Å². The van der Waals surface area contributed by atoms with Crippen molar-refractivity contribution in [2.45, 2.75) is 64.8 Å². The van der Waals surface area contributed by atoms with Crippen LogP contribution in [0.1, 0.15) is 54.4 Å². The number of aryl methyl sites for hydroxylation is 1. The maximum atomic E-state index is 13.3. The Morgan fingerprint density at radius 2 is 1.87 bits per heavy atom. The van der Waals surface area contributed by atoms with Crippen LogP contribution in [0.25, 0.3) is 0 Å². The van der Waals surface area contributed by atoms with E-state index < -0.39 is 5.92 Å². The van der Waals surface area contributed by atoms with E-state index in [9.17, 15) is 18.0 Å². The highest BCUT2D eigenvalue weighted by atomic mass is 19.3.